The fourth-order valence-corrected chi connectivity index (χ4v) is 6.42. The third-order valence-electron chi connectivity index (χ3n) is 8.15. The first-order valence-electron chi connectivity index (χ1n) is 13.8. The summed E-state index contributed by atoms with van der Waals surface area (Å²) in [6.07, 6.45) is 6.28. The van der Waals surface area contributed by atoms with Crippen LogP contribution in [-0.2, 0) is 16.1 Å². The summed E-state index contributed by atoms with van der Waals surface area (Å²) in [5.41, 5.74) is 2.02. The van der Waals surface area contributed by atoms with Gasteiger partial charge in [-0.15, -0.1) is 0 Å². The second-order valence-electron chi connectivity index (χ2n) is 11.0. The van der Waals surface area contributed by atoms with E-state index in [1.807, 2.05) is 12.1 Å². The molecule has 5 rings (SSSR count). The summed E-state index contributed by atoms with van der Waals surface area (Å²) in [5.74, 6) is -0.156. The molecule has 1 unspecified atom stereocenters. The van der Waals surface area contributed by atoms with E-state index in [4.69, 9.17) is 32.7 Å². The van der Waals surface area contributed by atoms with Crippen LogP contribution >= 0.6 is 23.2 Å². The Balaban J connectivity index is 1.16. The largest absolute Gasteiger partial charge is 0.493 e. The van der Waals surface area contributed by atoms with Crippen molar-refractivity contribution in [2.45, 2.75) is 63.5 Å². The second-order valence-corrected chi connectivity index (χ2v) is 11.8. The number of rotatable bonds is 9. The molecular formula is C30H35Cl2FN2O4. The lowest BCUT2D eigenvalue weighted by molar-refractivity contribution is -0.145. The van der Waals surface area contributed by atoms with Gasteiger partial charge < -0.3 is 14.4 Å². The monoisotopic (exact) mass is 576 g/mol. The zero-order chi connectivity index (χ0) is 27.5. The summed E-state index contributed by atoms with van der Waals surface area (Å²) < 4.78 is 26.2. The highest BCUT2D eigenvalue weighted by molar-refractivity contribution is 6.34. The van der Waals surface area contributed by atoms with Gasteiger partial charge in [-0.25, -0.2) is 9.18 Å². The van der Waals surface area contributed by atoms with Gasteiger partial charge in [-0.05, 0) is 105 Å². The summed E-state index contributed by atoms with van der Waals surface area (Å²) in [6, 6.07) is 8.04. The van der Waals surface area contributed by atoms with E-state index in [9.17, 15) is 9.59 Å². The van der Waals surface area contributed by atoms with Gasteiger partial charge in [-0.1, -0.05) is 23.2 Å². The number of halogens is 3. The minimum absolute atomic E-state index is 0.00779. The smallest absolute Gasteiger partial charge is 0.328 e. The van der Waals surface area contributed by atoms with Crippen molar-refractivity contribution in [2.75, 3.05) is 33.4 Å². The zero-order valence-electron chi connectivity index (χ0n) is 22.3. The van der Waals surface area contributed by atoms with Gasteiger partial charge in [0.2, 0.25) is 0 Å². The van der Waals surface area contributed by atoms with E-state index in [0.29, 0.717) is 47.7 Å². The Bertz CT molecular complexity index is 1190. The number of esters is 1. The summed E-state index contributed by atoms with van der Waals surface area (Å²) in [5, 5.41) is 1.32. The van der Waals surface area contributed by atoms with Crippen molar-refractivity contribution >= 4 is 35.1 Å². The molecule has 2 aliphatic heterocycles. The third-order valence-corrected chi connectivity index (χ3v) is 8.59. The molecule has 1 aliphatic carbocycles. The Hall–Kier alpha value is -2.35. The SMILES string of the molecule is COC(=O)C1CCCN1C(=O)c1cc(C2CC2)c(OCCC2CCN(Cc3cc(Cl)cc(Cl)c3)CC2)cc1F. The Kier molecular flexibility index (Phi) is 8.99. The number of nitrogens with zero attached hydrogens (tertiary/aromatic N) is 2. The topological polar surface area (TPSA) is 59.1 Å². The standard InChI is InChI=1S/C30H35Cl2FN2O4/c1-38-30(37)27-3-2-9-35(27)29(36)25-16-24(21-4-5-21)28(17-26(25)33)39-12-8-19-6-10-34(11-7-19)18-20-13-22(31)15-23(32)14-20/h13-17,19,21,27H,2-12,18H2,1H3. The lowest BCUT2D eigenvalue weighted by Gasteiger charge is -2.32. The number of ether oxygens (including phenoxy) is 2. The molecule has 0 spiro atoms. The van der Waals surface area contributed by atoms with Crippen LogP contribution in [0, 0.1) is 11.7 Å². The lowest BCUT2D eigenvalue weighted by Crippen LogP contribution is -2.41. The first kappa shape index (κ1) is 28.2. The maximum atomic E-state index is 15.2. The van der Waals surface area contributed by atoms with Crippen molar-refractivity contribution < 1.29 is 23.5 Å². The van der Waals surface area contributed by atoms with Crippen LogP contribution in [0.5, 0.6) is 5.75 Å². The average Bonchev–Trinajstić information content (AvgIpc) is 3.63. The number of likely N-dealkylation sites (tertiary alicyclic amines) is 2. The van der Waals surface area contributed by atoms with E-state index >= 15 is 4.39 Å². The fraction of sp³-hybridized carbons (Fsp3) is 0.533. The minimum atomic E-state index is -0.656. The highest BCUT2D eigenvalue weighted by Crippen LogP contribution is 2.45. The Morgan fingerprint density at radius 3 is 2.36 bits per heavy atom. The van der Waals surface area contributed by atoms with Crippen molar-refractivity contribution in [3.05, 3.63) is 62.9 Å². The number of hydrogen-bond donors (Lipinski definition) is 0. The highest BCUT2D eigenvalue weighted by atomic mass is 35.5. The number of piperidine rings is 1. The molecule has 1 atom stereocenters. The molecule has 39 heavy (non-hydrogen) atoms. The van der Waals surface area contributed by atoms with Crippen LogP contribution in [-0.4, -0.2) is 61.1 Å². The van der Waals surface area contributed by atoms with Gasteiger partial charge in [0.05, 0.1) is 19.3 Å². The van der Waals surface area contributed by atoms with E-state index in [1.54, 1.807) is 12.1 Å². The van der Waals surface area contributed by atoms with Crippen LogP contribution in [0.3, 0.4) is 0 Å². The maximum Gasteiger partial charge on any atom is 0.328 e. The highest BCUT2D eigenvalue weighted by Gasteiger charge is 2.37. The molecule has 9 heteroatoms. The number of hydrogen-bond acceptors (Lipinski definition) is 5. The van der Waals surface area contributed by atoms with Gasteiger partial charge in [-0.3, -0.25) is 9.69 Å². The van der Waals surface area contributed by atoms with Gasteiger partial charge in [0.15, 0.2) is 0 Å². The normalized spacial score (nSPS) is 20.3. The number of amides is 1. The number of carbonyl (C=O) groups is 2. The van der Waals surface area contributed by atoms with Gasteiger partial charge in [0, 0.05) is 29.2 Å². The van der Waals surface area contributed by atoms with Crippen LogP contribution in [0.1, 0.15) is 72.3 Å². The minimum Gasteiger partial charge on any atom is -0.493 e. The summed E-state index contributed by atoms with van der Waals surface area (Å²) in [6.45, 7) is 3.75. The maximum absolute atomic E-state index is 15.2. The zero-order valence-corrected chi connectivity index (χ0v) is 23.8. The molecule has 0 bridgehead atoms. The molecule has 0 N–H and O–H groups in total. The summed E-state index contributed by atoms with van der Waals surface area (Å²) >= 11 is 12.3. The molecule has 6 nitrogen and oxygen atoms in total. The molecule has 2 heterocycles. The van der Waals surface area contributed by atoms with Crippen molar-refractivity contribution in [3.63, 3.8) is 0 Å². The second kappa shape index (κ2) is 12.4. The van der Waals surface area contributed by atoms with Crippen LogP contribution in [0.4, 0.5) is 4.39 Å². The summed E-state index contributed by atoms with van der Waals surface area (Å²) in [7, 11) is 1.31. The molecule has 3 fully saturated rings. The van der Waals surface area contributed by atoms with Gasteiger partial charge in [0.25, 0.3) is 5.91 Å². The Morgan fingerprint density at radius 2 is 1.69 bits per heavy atom. The predicted octanol–water partition coefficient (Wildman–Crippen LogP) is 6.47. The lowest BCUT2D eigenvalue weighted by atomic mass is 9.93. The van der Waals surface area contributed by atoms with Crippen LogP contribution in [0.15, 0.2) is 30.3 Å². The van der Waals surface area contributed by atoms with E-state index in [0.717, 1.165) is 62.9 Å². The van der Waals surface area contributed by atoms with Gasteiger partial charge in [-0.2, -0.15) is 0 Å². The van der Waals surface area contributed by atoms with Gasteiger partial charge in [0.1, 0.15) is 17.6 Å². The number of carbonyl (C=O) groups excluding carboxylic acids is 2. The molecule has 1 saturated carbocycles. The predicted molar refractivity (Wildman–Crippen MR) is 149 cm³/mol. The molecule has 3 aliphatic rings. The van der Waals surface area contributed by atoms with Crippen molar-refractivity contribution in [2.24, 2.45) is 5.92 Å². The molecule has 2 aromatic carbocycles. The van der Waals surface area contributed by atoms with E-state index in [1.165, 1.54) is 18.1 Å². The third kappa shape index (κ3) is 6.87. The van der Waals surface area contributed by atoms with Crippen molar-refractivity contribution in [1.29, 1.82) is 0 Å². The van der Waals surface area contributed by atoms with E-state index < -0.39 is 23.7 Å². The molecule has 210 valence electrons. The van der Waals surface area contributed by atoms with Crippen LogP contribution in [0.25, 0.3) is 0 Å². The van der Waals surface area contributed by atoms with Crippen molar-refractivity contribution in [3.8, 4) is 5.75 Å². The van der Waals surface area contributed by atoms with Crippen molar-refractivity contribution in [1.82, 2.24) is 9.80 Å². The van der Waals surface area contributed by atoms with Crippen LogP contribution in [0.2, 0.25) is 10.0 Å². The van der Waals surface area contributed by atoms with Crippen LogP contribution < -0.4 is 4.74 Å². The first-order chi connectivity index (χ1) is 18.8. The van der Waals surface area contributed by atoms with Gasteiger partial charge >= 0.3 is 5.97 Å². The van der Waals surface area contributed by atoms with E-state index in [2.05, 4.69) is 4.90 Å². The average molecular weight is 578 g/mol. The quantitative estimate of drug-likeness (QED) is 0.320. The molecule has 0 aromatic heterocycles. The number of methoxy groups -OCH3 is 1. The summed E-state index contributed by atoms with van der Waals surface area (Å²) in [4.78, 5) is 29.2. The first-order valence-corrected chi connectivity index (χ1v) is 14.6. The molecule has 0 radical (unpaired) electrons. The molecular weight excluding hydrogens is 542 g/mol. The Morgan fingerprint density at radius 1 is 0.974 bits per heavy atom. The Labute approximate surface area is 239 Å². The molecule has 2 aromatic rings. The number of benzene rings is 2. The van der Waals surface area contributed by atoms with E-state index in [-0.39, 0.29) is 11.5 Å². The molecule has 1 amide bonds. The molecule has 2 saturated heterocycles. The fourth-order valence-electron chi connectivity index (χ4n) is 5.85.